The molecule has 6 aromatic rings. The fraction of sp³-hybridized carbons (Fsp3) is 0.293. The highest BCUT2D eigenvalue weighted by molar-refractivity contribution is 6.06. The Morgan fingerprint density at radius 1 is 0.920 bits per heavy atom. The largest absolute Gasteiger partial charge is 0.445 e. The predicted molar refractivity (Wildman–Crippen MR) is 196 cm³/mol. The van der Waals surface area contributed by atoms with Crippen LogP contribution >= 0.6 is 0 Å². The number of likely N-dealkylation sites (tertiary alicyclic amines) is 1. The summed E-state index contributed by atoms with van der Waals surface area (Å²) in [5.41, 5.74) is 4.52. The Balaban J connectivity index is 1.09. The average molecular weight is 670 g/mol. The first-order valence-corrected chi connectivity index (χ1v) is 17.3. The summed E-state index contributed by atoms with van der Waals surface area (Å²) >= 11 is 0. The maximum absolute atomic E-state index is 14.0. The molecule has 0 bridgehead atoms. The van der Waals surface area contributed by atoms with Gasteiger partial charge >= 0.3 is 6.09 Å². The highest BCUT2D eigenvalue weighted by Crippen LogP contribution is 2.37. The Bertz CT molecular complexity index is 2070. The number of amides is 2. The van der Waals surface area contributed by atoms with Crippen LogP contribution in [0.2, 0.25) is 0 Å². The number of imidazole rings is 1. The Morgan fingerprint density at radius 3 is 2.46 bits per heavy atom. The van der Waals surface area contributed by atoms with Crippen molar-refractivity contribution in [2.75, 3.05) is 40.4 Å². The molecule has 0 radical (unpaired) electrons. The first-order chi connectivity index (χ1) is 24.5. The number of hydrogen-bond acceptors (Lipinski definition) is 5. The number of benzene rings is 4. The van der Waals surface area contributed by atoms with Gasteiger partial charge in [-0.2, -0.15) is 0 Å². The molecule has 0 aliphatic carbocycles. The number of carbonyl (C=O) groups excluding carboxylic acids is 2. The molecule has 9 heteroatoms. The number of carbonyl (C=O) groups is 2. The number of nitrogens with zero attached hydrogens (tertiary/aromatic N) is 4. The van der Waals surface area contributed by atoms with E-state index in [1.807, 2.05) is 60.7 Å². The first kappa shape index (κ1) is 33.1. The number of rotatable bonds is 11. The first-order valence-electron chi connectivity index (χ1n) is 17.3. The van der Waals surface area contributed by atoms with Crippen molar-refractivity contribution in [3.05, 3.63) is 127 Å². The van der Waals surface area contributed by atoms with Gasteiger partial charge in [0.25, 0.3) is 5.91 Å². The lowest BCUT2D eigenvalue weighted by atomic mass is 9.89. The van der Waals surface area contributed by atoms with Crippen LogP contribution in [0.3, 0.4) is 0 Å². The van der Waals surface area contributed by atoms with Crippen LogP contribution in [0.1, 0.15) is 46.9 Å². The predicted octanol–water partition coefficient (Wildman–Crippen LogP) is 7.93. The van der Waals surface area contributed by atoms with E-state index < -0.39 is 0 Å². The molecule has 1 unspecified atom stereocenters. The van der Waals surface area contributed by atoms with Crippen molar-refractivity contribution in [3.8, 4) is 11.1 Å². The number of hydrogen-bond donors (Lipinski definition) is 1. The van der Waals surface area contributed by atoms with Gasteiger partial charge in [-0.15, -0.1) is 0 Å². The van der Waals surface area contributed by atoms with Crippen LogP contribution in [0.15, 0.2) is 110 Å². The van der Waals surface area contributed by atoms with Crippen LogP contribution in [0, 0.1) is 5.92 Å². The maximum Gasteiger partial charge on any atom is 0.410 e. The van der Waals surface area contributed by atoms with E-state index >= 15 is 0 Å². The summed E-state index contributed by atoms with van der Waals surface area (Å²) < 4.78 is 13.2. The zero-order chi connectivity index (χ0) is 34.5. The molecule has 1 atom stereocenters. The smallest absolute Gasteiger partial charge is 0.410 e. The van der Waals surface area contributed by atoms with Crippen molar-refractivity contribution in [2.24, 2.45) is 5.92 Å². The minimum absolute atomic E-state index is 0.0531. The monoisotopic (exact) mass is 669 g/mol. The number of likely N-dealkylation sites (N-methyl/N-ethyl adjacent to an activating group) is 1. The van der Waals surface area contributed by atoms with Crippen molar-refractivity contribution in [1.82, 2.24) is 24.3 Å². The lowest BCUT2D eigenvalue weighted by Crippen LogP contribution is -2.39. The van der Waals surface area contributed by atoms with Crippen LogP contribution in [-0.2, 0) is 16.1 Å². The summed E-state index contributed by atoms with van der Waals surface area (Å²) in [7, 11) is 3.46. The van der Waals surface area contributed by atoms with Gasteiger partial charge in [0.2, 0.25) is 0 Å². The molecular weight excluding hydrogens is 626 g/mol. The standard InChI is InChI=1S/C41H43N5O4/c1-44(20-21-49-2)40(47)37-26-46(25-36(37)35-13-7-11-32-9-5-6-12-34(32)35)39(38-24-42-28-43-38)23-29-16-18-45(19-17-29)41(48)50-27-30-14-15-31-8-3-4-10-33(31)22-30/h3-15,22,24-26,28-29,39H,16-21,23,27H2,1-2H3,(H,42,43). The molecule has 1 aliphatic heterocycles. The Labute approximate surface area is 292 Å². The van der Waals surface area contributed by atoms with Crippen LogP contribution in [0.4, 0.5) is 4.79 Å². The van der Waals surface area contributed by atoms with Crippen molar-refractivity contribution in [1.29, 1.82) is 0 Å². The Morgan fingerprint density at radius 2 is 1.68 bits per heavy atom. The summed E-state index contributed by atoms with van der Waals surface area (Å²) in [4.78, 5) is 38.3. The molecule has 1 saturated heterocycles. The van der Waals surface area contributed by atoms with Crippen LogP contribution in [0.5, 0.6) is 0 Å². The molecule has 50 heavy (non-hydrogen) atoms. The summed E-state index contributed by atoms with van der Waals surface area (Å²) in [6, 6.07) is 28.8. The summed E-state index contributed by atoms with van der Waals surface area (Å²) in [5, 5.41) is 4.52. The van der Waals surface area contributed by atoms with Crippen molar-refractivity contribution in [3.63, 3.8) is 0 Å². The number of fused-ring (bicyclic) bond motifs is 2. The molecule has 2 aromatic heterocycles. The third-order valence-corrected chi connectivity index (χ3v) is 9.98. The molecule has 1 fully saturated rings. The van der Waals surface area contributed by atoms with Gasteiger partial charge in [0.05, 0.1) is 36.4 Å². The average Bonchev–Trinajstić information content (AvgIpc) is 3.86. The van der Waals surface area contributed by atoms with E-state index in [2.05, 4.69) is 69.3 Å². The molecule has 1 N–H and O–H groups in total. The SMILES string of the molecule is COCCN(C)C(=O)c1cn(C(CC2CCN(C(=O)OCc3ccc4ccccc4c3)CC2)c2cnc[nH]2)cc1-c1cccc2ccccc12. The number of methoxy groups -OCH3 is 1. The Kier molecular flexibility index (Phi) is 9.93. The molecule has 0 saturated carbocycles. The summed E-state index contributed by atoms with van der Waals surface area (Å²) in [6.07, 6.45) is 9.96. The van der Waals surface area contributed by atoms with Crippen molar-refractivity contribution in [2.45, 2.75) is 31.9 Å². The van der Waals surface area contributed by atoms with E-state index in [0.29, 0.717) is 37.7 Å². The molecule has 1 aliphatic rings. The summed E-state index contributed by atoms with van der Waals surface area (Å²) in [6.45, 7) is 2.47. The van der Waals surface area contributed by atoms with Crippen LogP contribution in [0.25, 0.3) is 32.7 Å². The minimum atomic E-state index is -0.271. The Hall–Kier alpha value is -5.41. The summed E-state index contributed by atoms with van der Waals surface area (Å²) in [5.74, 6) is 0.308. The molecule has 0 spiro atoms. The minimum Gasteiger partial charge on any atom is -0.445 e. The van der Waals surface area contributed by atoms with Crippen LogP contribution < -0.4 is 0 Å². The molecular formula is C41H43N5O4. The molecule has 4 aromatic carbocycles. The second kappa shape index (κ2) is 15.0. The van der Waals surface area contributed by atoms with Gasteiger partial charge in [-0.3, -0.25) is 4.79 Å². The molecule has 9 nitrogen and oxygen atoms in total. The molecule has 3 heterocycles. The van der Waals surface area contributed by atoms with E-state index in [0.717, 1.165) is 57.8 Å². The van der Waals surface area contributed by atoms with E-state index in [1.54, 1.807) is 18.3 Å². The highest BCUT2D eigenvalue weighted by atomic mass is 16.6. The van der Waals surface area contributed by atoms with Gasteiger partial charge < -0.3 is 28.8 Å². The molecule has 7 rings (SSSR count). The number of aromatic nitrogens is 3. The van der Waals surface area contributed by atoms with Gasteiger partial charge in [0.1, 0.15) is 6.61 Å². The third-order valence-electron chi connectivity index (χ3n) is 9.98. The zero-order valence-electron chi connectivity index (χ0n) is 28.6. The number of nitrogens with one attached hydrogen (secondary N) is 1. The number of piperidine rings is 1. The second-order valence-corrected chi connectivity index (χ2v) is 13.2. The van der Waals surface area contributed by atoms with Crippen molar-refractivity contribution >= 4 is 33.5 Å². The quantitative estimate of drug-likeness (QED) is 0.151. The molecule has 256 valence electrons. The zero-order valence-corrected chi connectivity index (χ0v) is 28.6. The van der Waals surface area contributed by atoms with Gasteiger partial charge in [-0.05, 0) is 63.9 Å². The van der Waals surface area contributed by atoms with Crippen LogP contribution in [-0.4, -0.2) is 76.7 Å². The van der Waals surface area contributed by atoms with Gasteiger partial charge in [0, 0.05) is 51.7 Å². The van der Waals surface area contributed by atoms with Crippen molar-refractivity contribution < 1.29 is 19.1 Å². The third kappa shape index (κ3) is 7.14. The van der Waals surface area contributed by atoms with Gasteiger partial charge in [-0.1, -0.05) is 78.9 Å². The fourth-order valence-electron chi connectivity index (χ4n) is 7.13. The van der Waals surface area contributed by atoms with E-state index in [9.17, 15) is 9.59 Å². The fourth-order valence-corrected chi connectivity index (χ4v) is 7.13. The lowest BCUT2D eigenvalue weighted by molar-refractivity contribution is 0.0744. The van der Waals surface area contributed by atoms with E-state index in [1.165, 1.54) is 5.39 Å². The van der Waals surface area contributed by atoms with E-state index in [4.69, 9.17) is 9.47 Å². The number of H-pyrrole nitrogens is 1. The lowest BCUT2D eigenvalue weighted by Gasteiger charge is -2.33. The number of ether oxygens (including phenoxy) is 2. The van der Waals surface area contributed by atoms with Gasteiger partial charge in [0.15, 0.2) is 0 Å². The highest BCUT2D eigenvalue weighted by Gasteiger charge is 2.29. The van der Waals surface area contributed by atoms with E-state index in [-0.39, 0.29) is 24.6 Å². The normalized spacial score (nSPS) is 14.2. The molecule has 2 amide bonds. The second-order valence-electron chi connectivity index (χ2n) is 13.2. The van der Waals surface area contributed by atoms with Gasteiger partial charge in [-0.25, -0.2) is 9.78 Å². The topological polar surface area (TPSA) is 92.7 Å². The number of aromatic amines is 1. The maximum atomic E-state index is 14.0.